The maximum Gasteiger partial charge on any atom is 0.0371 e. The summed E-state index contributed by atoms with van der Waals surface area (Å²) < 4.78 is 0. The summed E-state index contributed by atoms with van der Waals surface area (Å²) in [7, 11) is 0. The van der Waals surface area contributed by atoms with Crippen LogP contribution in [0, 0.1) is 0 Å². The average molecular weight is 244 g/mol. The number of anilines is 1. The summed E-state index contributed by atoms with van der Waals surface area (Å²) in [5.41, 5.74) is 1.43. The van der Waals surface area contributed by atoms with Crippen LogP contribution < -0.4 is 10.2 Å². The van der Waals surface area contributed by atoms with Crippen molar-refractivity contribution < 1.29 is 0 Å². The molecule has 0 aromatic heterocycles. The summed E-state index contributed by atoms with van der Waals surface area (Å²) in [6, 6.07) is 13.3. The van der Waals surface area contributed by atoms with E-state index in [9.17, 15) is 0 Å². The van der Waals surface area contributed by atoms with Crippen LogP contribution >= 0.6 is 0 Å². The number of benzene rings is 1. The zero-order chi connectivity index (χ0) is 12.4. The molecule has 1 aromatic rings. The van der Waals surface area contributed by atoms with E-state index < -0.39 is 0 Å². The van der Waals surface area contributed by atoms with Crippen molar-refractivity contribution in [2.75, 3.05) is 11.4 Å². The Balaban J connectivity index is 1.70. The van der Waals surface area contributed by atoms with Crippen molar-refractivity contribution in [1.29, 1.82) is 0 Å². The van der Waals surface area contributed by atoms with Crippen molar-refractivity contribution in [3.8, 4) is 0 Å². The maximum absolute atomic E-state index is 3.72. The zero-order valence-electron chi connectivity index (χ0n) is 11.3. The van der Waals surface area contributed by atoms with Gasteiger partial charge in [-0.1, -0.05) is 25.1 Å². The van der Waals surface area contributed by atoms with Crippen LogP contribution in [0.25, 0.3) is 0 Å². The Labute approximate surface area is 110 Å². The van der Waals surface area contributed by atoms with Gasteiger partial charge in [0.2, 0.25) is 0 Å². The topological polar surface area (TPSA) is 15.3 Å². The maximum atomic E-state index is 3.72. The van der Waals surface area contributed by atoms with Crippen molar-refractivity contribution in [2.45, 2.75) is 57.2 Å². The molecule has 2 unspecified atom stereocenters. The first-order valence-corrected chi connectivity index (χ1v) is 7.45. The predicted molar refractivity (Wildman–Crippen MR) is 77.0 cm³/mol. The minimum Gasteiger partial charge on any atom is -0.365 e. The Kier molecular flexibility index (Phi) is 3.55. The molecule has 0 amide bonds. The molecule has 0 aliphatic carbocycles. The first kappa shape index (κ1) is 12.0. The fourth-order valence-corrected chi connectivity index (χ4v) is 3.71. The molecular formula is C16H24N2. The van der Waals surface area contributed by atoms with Gasteiger partial charge in [-0.2, -0.15) is 0 Å². The van der Waals surface area contributed by atoms with E-state index in [-0.39, 0.29) is 0 Å². The van der Waals surface area contributed by atoms with Crippen LogP contribution in [0.3, 0.4) is 0 Å². The fourth-order valence-electron chi connectivity index (χ4n) is 3.71. The van der Waals surface area contributed by atoms with E-state index in [4.69, 9.17) is 0 Å². The third-order valence-electron chi connectivity index (χ3n) is 4.47. The molecule has 2 aliphatic heterocycles. The second-order valence-electron chi connectivity index (χ2n) is 5.75. The molecule has 0 saturated carbocycles. The van der Waals surface area contributed by atoms with Gasteiger partial charge in [-0.15, -0.1) is 0 Å². The zero-order valence-corrected chi connectivity index (χ0v) is 11.3. The van der Waals surface area contributed by atoms with Gasteiger partial charge in [0.1, 0.15) is 0 Å². The molecule has 2 heterocycles. The van der Waals surface area contributed by atoms with Gasteiger partial charge < -0.3 is 10.2 Å². The fraction of sp³-hybridized carbons (Fsp3) is 0.625. The van der Waals surface area contributed by atoms with Gasteiger partial charge in [-0.25, -0.2) is 0 Å². The number of nitrogens with one attached hydrogen (secondary N) is 1. The molecule has 2 bridgehead atoms. The quantitative estimate of drug-likeness (QED) is 0.875. The summed E-state index contributed by atoms with van der Waals surface area (Å²) in [5, 5.41) is 3.72. The number of para-hydroxylation sites is 1. The number of hydrogen-bond acceptors (Lipinski definition) is 2. The predicted octanol–water partition coefficient (Wildman–Crippen LogP) is 3.19. The summed E-state index contributed by atoms with van der Waals surface area (Å²) in [5.74, 6) is 0. The van der Waals surface area contributed by atoms with E-state index >= 15 is 0 Å². The van der Waals surface area contributed by atoms with E-state index in [0.29, 0.717) is 0 Å². The molecule has 18 heavy (non-hydrogen) atoms. The van der Waals surface area contributed by atoms with Crippen LogP contribution in [0.5, 0.6) is 0 Å². The Hall–Kier alpha value is -1.02. The number of piperidine rings is 1. The van der Waals surface area contributed by atoms with Gasteiger partial charge in [0.25, 0.3) is 0 Å². The van der Waals surface area contributed by atoms with Gasteiger partial charge in [0, 0.05) is 23.8 Å². The minimum absolute atomic E-state index is 0.752. The average Bonchev–Trinajstić information content (AvgIpc) is 2.69. The summed E-state index contributed by atoms with van der Waals surface area (Å²) >= 11 is 0. The highest BCUT2D eigenvalue weighted by atomic mass is 15.2. The smallest absolute Gasteiger partial charge is 0.0371 e. The molecule has 0 radical (unpaired) electrons. The monoisotopic (exact) mass is 244 g/mol. The van der Waals surface area contributed by atoms with E-state index in [0.717, 1.165) is 18.1 Å². The third kappa shape index (κ3) is 2.26. The first-order valence-electron chi connectivity index (χ1n) is 7.45. The van der Waals surface area contributed by atoms with Gasteiger partial charge in [0.05, 0.1) is 0 Å². The van der Waals surface area contributed by atoms with Crippen LogP contribution in [0.1, 0.15) is 39.0 Å². The van der Waals surface area contributed by atoms with Gasteiger partial charge in [-0.3, -0.25) is 0 Å². The van der Waals surface area contributed by atoms with E-state index in [2.05, 4.69) is 47.5 Å². The Bertz CT molecular complexity index is 362. The number of rotatable bonds is 4. The normalized spacial score (nSPS) is 30.7. The summed E-state index contributed by atoms with van der Waals surface area (Å²) in [6.07, 6.45) is 6.65. The summed E-state index contributed by atoms with van der Waals surface area (Å²) in [6.45, 7) is 3.43. The Morgan fingerprint density at radius 3 is 2.39 bits per heavy atom. The van der Waals surface area contributed by atoms with Crippen LogP contribution in [0.4, 0.5) is 5.69 Å². The second-order valence-corrected chi connectivity index (χ2v) is 5.75. The molecule has 1 aromatic carbocycles. The van der Waals surface area contributed by atoms with Crippen molar-refractivity contribution >= 4 is 5.69 Å². The van der Waals surface area contributed by atoms with Crippen molar-refractivity contribution in [3.05, 3.63) is 30.3 Å². The van der Waals surface area contributed by atoms with Crippen molar-refractivity contribution in [2.24, 2.45) is 0 Å². The highest BCUT2D eigenvalue weighted by Crippen LogP contribution is 2.39. The third-order valence-corrected chi connectivity index (χ3v) is 4.47. The van der Waals surface area contributed by atoms with Crippen molar-refractivity contribution in [1.82, 2.24) is 5.32 Å². The highest BCUT2D eigenvalue weighted by Gasteiger charge is 2.40. The second kappa shape index (κ2) is 5.31. The Morgan fingerprint density at radius 1 is 1.11 bits per heavy atom. The Morgan fingerprint density at radius 2 is 1.78 bits per heavy atom. The SMILES string of the molecule is CCCNC1CC2CCC(C1)N2c1ccccc1. The lowest BCUT2D eigenvalue weighted by atomic mass is 9.96. The first-order chi connectivity index (χ1) is 8.88. The lowest BCUT2D eigenvalue weighted by Crippen LogP contribution is -2.49. The van der Waals surface area contributed by atoms with Crippen LogP contribution in [0.2, 0.25) is 0 Å². The van der Waals surface area contributed by atoms with Crippen molar-refractivity contribution in [3.63, 3.8) is 0 Å². The van der Waals surface area contributed by atoms with E-state index in [1.165, 1.54) is 44.3 Å². The van der Waals surface area contributed by atoms with Gasteiger partial charge in [0.15, 0.2) is 0 Å². The van der Waals surface area contributed by atoms with Crippen LogP contribution in [-0.2, 0) is 0 Å². The molecule has 3 rings (SSSR count). The largest absolute Gasteiger partial charge is 0.365 e. The molecule has 98 valence electrons. The number of hydrogen-bond donors (Lipinski definition) is 1. The summed E-state index contributed by atoms with van der Waals surface area (Å²) in [4.78, 5) is 2.68. The van der Waals surface area contributed by atoms with E-state index in [1.54, 1.807) is 0 Å². The lowest BCUT2D eigenvalue weighted by molar-refractivity contribution is 0.357. The van der Waals surface area contributed by atoms with Gasteiger partial charge >= 0.3 is 0 Å². The van der Waals surface area contributed by atoms with E-state index in [1.807, 2.05) is 0 Å². The number of fused-ring (bicyclic) bond motifs is 2. The number of nitrogens with zero attached hydrogens (tertiary/aromatic N) is 1. The molecule has 0 spiro atoms. The highest BCUT2D eigenvalue weighted by molar-refractivity contribution is 5.50. The minimum atomic E-state index is 0.752. The molecular weight excluding hydrogens is 220 g/mol. The van der Waals surface area contributed by atoms with Crippen LogP contribution in [0.15, 0.2) is 30.3 Å². The molecule has 2 aliphatic rings. The standard InChI is InChI=1S/C16H24N2/c1-2-10-17-13-11-15-8-9-16(12-13)18(15)14-6-4-3-5-7-14/h3-7,13,15-17H,2,8-12H2,1H3. The molecule has 2 heteroatoms. The molecule has 2 fully saturated rings. The molecule has 2 saturated heterocycles. The lowest BCUT2D eigenvalue weighted by Gasteiger charge is -2.41. The molecule has 1 N–H and O–H groups in total. The molecule has 2 nitrogen and oxygen atoms in total. The molecule has 2 atom stereocenters. The van der Waals surface area contributed by atoms with Gasteiger partial charge in [-0.05, 0) is 50.8 Å². The van der Waals surface area contributed by atoms with Crippen LogP contribution in [-0.4, -0.2) is 24.7 Å².